The highest BCUT2D eigenvalue weighted by molar-refractivity contribution is 5.96. The highest BCUT2D eigenvalue weighted by Crippen LogP contribution is 2.63. The number of rotatable bonds is 0. The number of fused-ring (bicyclic) bond motifs is 1. The Kier molecular flexibility index (Phi) is 1.15. The number of hydrogen-bond acceptors (Lipinski definition) is 3. The summed E-state index contributed by atoms with van der Waals surface area (Å²) in [5.41, 5.74) is -0.782. The quantitative estimate of drug-likeness (QED) is 0.553. The summed E-state index contributed by atoms with van der Waals surface area (Å²) in [4.78, 5) is 23.7. The molecule has 0 aromatic heterocycles. The van der Waals surface area contributed by atoms with Crippen molar-refractivity contribution in [2.24, 2.45) is 11.8 Å². The molecule has 0 unspecified atom stereocenters. The second-order valence-electron chi connectivity index (χ2n) is 5.23. The average molecular weight is 204 g/mol. The van der Waals surface area contributed by atoms with Crippen LogP contribution in [0.15, 0.2) is 12.2 Å². The molecule has 2 saturated carbocycles. The van der Waals surface area contributed by atoms with Crippen LogP contribution in [0.2, 0.25) is 0 Å². The van der Waals surface area contributed by atoms with Crippen molar-refractivity contribution in [3.8, 4) is 0 Å². The zero-order valence-corrected chi connectivity index (χ0v) is 8.36. The molecule has 15 heavy (non-hydrogen) atoms. The second kappa shape index (κ2) is 2.09. The van der Waals surface area contributed by atoms with Gasteiger partial charge in [0.2, 0.25) is 0 Å². The van der Waals surface area contributed by atoms with Gasteiger partial charge in [0.1, 0.15) is 11.6 Å². The molecule has 0 aromatic carbocycles. The van der Waals surface area contributed by atoms with E-state index in [-0.39, 0.29) is 23.4 Å². The molecule has 0 amide bonds. The molecule has 3 heteroatoms. The average Bonchev–Trinajstić information content (AvgIpc) is 2.88. The topological polar surface area (TPSA) is 43.4 Å². The molecule has 2 aliphatic heterocycles. The monoisotopic (exact) mass is 204 g/mol. The zero-order valence-electron chi connectivity index (χ0n) is 8.36. The van der Waals surface area contributed by atoms with Gasteiger partial charge in [0.15, 0.2) is 0 Å². The summed E-state index contributed by atoms with van der Waals surface area (Å²) in [6.45, 7) is 0. The van der Waals surface area contributed by atoms with Crippen molar-refractivity contribution in [3.63, 3.8) is 0 Å². The predicted molar refractivity (Wildman–Crippen MR) is 51.1 cm³/mol. The Morgan fingerprint density at radius 3 is 1.93 bits per heavy atom. The first kappa shape index (κ1) is 8.22. The molecule has 2 spiro atoms. The molecule has 2 aliphatic carbocycles. The molecule has 4 atom stereocenters. The van der Waals surface area contributed by atoms with E-state index >= 15 is 0 Å². The van der Waals surface area contributed by atoms with Gasteiger partial charge in [-0.1, -0.05) is 12.2 Å². The Balaban J connectivity index is 1.94. The Morgan fingerprint density at radius 1 is 1.00 bits per heavy atom. The lowest BCUT2D eigenvalue weighted by Crippen LogP contribution is -2.38. The number of Topliss-reactive ketones (excluding diaryl/α,β-unsaturated/α-hetero) is 2. The Morgan fingerprint density at radius 2 is 1.47 bits per heavy atom. The highest BCUT2D eigenvalue weighted by atomic mass is 16.5. The molecule has 0 N–H and O–H groups in total. The van der Waals surface area contributed by atoms with Gasteiger partial charge >= 0.3 is 0 Å². The maximum Gasteiger partial charge on any atom is 0.140 e. The van der Waals surface area contributed by atoms with Crippen molar-refractivity contribution in [2.45, 2.75) is 36.9 Å². The zero-order chi connectivity index (χ0) is 10.3. The fraction of sp³-hybridized carbons (Fsp3) is 0.667. The van der Waals surface area contributed by atoms with Crippen molar-refractivity contribution in [1.82, 2.24) is 0 Å². The van der Waals surface area contributed by atoms with Gasteiger partial charge < -0.3 is 4.74 Å². The van der Waals surface area contributed by atoms with E-state index in [4.69, 9.17) is 4.74 Å². The van der Waals surface area contributed by atoms with Crippen LogP contribution in [-0.2, 0) is 14.3 Å². The maximum atomic E-state index is 11.9. The molecule has 0 aromatic rings. The number of ketones is 2. The highest BCUT2D eigenvalue weighted by Gasteiger charge is 2.71. The van der Waals surface area contributed by atoms with E-state index in [9.17, 15) is 9.59 Å². The summed E-state index contributed by atoms with van der Waals surface area (Å²) in [6, 6.07) is 0. The molecule has 2 bridgehead atoms. The number of ether oxygens (including phenoxy) is 1. The van der Waals surface area contributed by atoms with Gasteiger partial charge in [-0.15, -0.1) is 0 Å². The van der Waals surface area contributed by atoms with Crippen LogP contribution in [0.4, 0.5) is 0 Å². The number of carbonyl (C=O) groups is 2. The molecule has 3 fully saturated rings. The molecular formula is C12H12O3. The molecule has 4 aliphatic rings. The summed E-state index contributed by atoms with van der Waals surface area (Å²) in [5, 5.41) is 0. The van der Waals surface area contributed by atoms with Crippen LogP contribution in [0.1, 0.15) is 25.7 Å². The molecule has 78 valence electrons. The van der Waals surface area contributed by atoms with E-state index in [1.54, 1.807) is 0 Å². The van der Waals surface area contributed by atoms with E-state index in [1.807, 2.05) is 0 Å². The Hall–Kier alpha value is -0.960. The minimum absolute atomic E-state index is 0.155. The van der Waals surface area contributed by atoms with Gasteiger partial charge in [-0.2, -0.15) is 0 Å². The lowest BCUT2D eigenvalue weighted by Gasteiger charge is -2.24. The maximum absolute atomic E-state index is 11.9. The summed E-state index contributed by atoms with van der Waals surface area (Å²) < 4.78 is 6.08. The van der Waals surface area contributed by atoms with Crippen LogP contribution in [0.3, 0.4) is 0 Å². The fourth-order valence-electron chi connectivity index (χ4n) is 4.05. The van der Waals surface area contributed by atoms with Crippen LogP contribution in [-0.4, -0.2) is 22.8 Å². The summed E-state index contributed by atoms with van der Waals surface area (Å²) in [7, 11) is 0. The second-order valence-corrected chi connectivity index (χ2v) is 5.23. The van der Waals surface area contributed by atoms with Crippen LogP contribution >= 0.6 is 0 Å². The normalized spacial score (nSPS) is 55.2. The van der Waals surface area contributed by atoms with E-state index in [2.05, 4.69) is 12.2 Å². The van der Waals surface area contributed by atoms with E-state index in [0.717, 1.165) is 12.8 Å². The molecule has 1 saturated heterocycles. The minimum Gasteiger partial charge on any atom is -0.359 e. The first-order chi connectivity index (χ1) is 7.17. The van der Waals surface area contributed by atoms with Gasteiger partial charge in [-0.25, -0.2) is 0 Å². The standard InChI is InChI=1S/C12H12O3/c13-7-1-3-11-5-6-12(15-11)4-2-8(14)10(12)9(7)11/h5-6,9-10H,1-4H2/t9-,10-,11-,12-/m1/s1. The third kappa shape index (κ3) is 0.689. The number of carbonyl (C=O) groups excluding carboxylic acids is 2. The molecule has 3 nitrogen and oxygen atoms in total. The lowest BCUT2D eigenvalue weighted by atomic mass is 9.73. The van der Waals surface area contributed by atoms with Crippen molar-refractivity contribution in [3.05, 3.63) is 12.2 Å². The number of hydrogen-bond donors (Lipinski definition) is 0. The van der Waals surface area contributed by atoms with Crippen molar-refractivity contribution in [1.29, 1.82) is 0 Å². The molecule has 0 radical (unpaired) electrons. The summed E-state index contributed by atoms with van der Waals surface area (Å²) >= 11 is 0. The van der Waals surface area contributed by atoms with E-state index < -0.39 is 11.2 Å². The van der Waals surface area contributed by atoms with Crippen molar-refractivity contribution >= 4 is 11.6 Å². The Labute approximate surface area is 87.5 Å². The predicted octanol–water partition coefficient (Wildman–Crippen LogP) is 1.02. The van der Waals surface area contributed by atoms with Crippen LogP contribution in [0, 0.1) is 11.8 Å². The smallest absolute Gasteiger partial charge is 0.140 e. The van der Waals surface area contributed by atoms with Crippen LogP contribution < -0.4 is 0 Å². The van der Waals surface area contributed by atoms with Crippen molar-refractivity contribution in [2.75, 3.05) is 0 Å². The summed E-state index contributed by atoms with van der Waals surface area (Å²) in [6.07, 6.45) is 6.82. The summed E-state index contributed by atoms with van der Waals surface area (Å²) in [5.74, 6) is 0.165. The van der Waals surface area contributed by atoms with Crippen molar-refractivity contribution < 1.29 is 14.3 Å². The third-order valence-corrected chi connectivity index (χ3v) is 4.63. The molecule has 2 heterocycles. The van der Waals surface area contributed by atoms with Gasteiger partial charge in [-0.05, 0) is 12.8 Å². The Bertz CT molecular complexity index is 387. The first-order valence-corrected chi connectivity index (χ1v) is 5.63. The third-order valence-electron chi connectivity index (χ3n) is 4.63. The minimum atomic E-state index is -0.391. The SMILES string of the molecule is O=C1CC[C@@]23C=C[C@@]4(CCC(=O)[C@@H]4[C@@H]12)O3. The largest absolute Gasteiger partial charge is 0.359 e. The van der Waals surface area contributed by atoms with E-state index in [0.29, 0.717) is 12.8 Å². The van der Waals surface area contributed by atoms with E-state index in [1.165, 1.54) is 0 Å². The molecular weight excluding hydrogens is 192 g/mol. The van der Waals surface area contributed by atoms with Gasteiger partial charge in [0.25, 0.3) is 0 Å². The fourth-order valence-corrected chi connectivity index (χ4v) is 4.05. The first-order valence-electron chi connectivity index (χ1n) is 5.63. The van der Waals surface area contributed by atoms with Gasteiger partial charge in [0.05, 0.1) is 23.0 Å². The van der Waals surface area contributed by atoms with Crippen LogP contribution in [0.25, 0.3) is 0 Å². The van der Waals surface area contributed by atoms with Gasteiger partial charge in [0, 0.05) is 12.8 Å². The van der Waals surface area contributed by atoms with Crippen LogP contribution in [0.5, 0.6) is 0 Å². The molecule has 4 rings (SSSR count). The lowest BCUT2D eigenvalue weighted by molar-refractivity contribution is -0.129. The van der Waals surface area contributed by atoms with Gasteiger partial charge in [-0.3, -0.25) is 9.59 Å².